The van der Waals surface area contributed by atoms with Crippen LogP contribution in [0.5, 0.6) is 0 Å². The summed E-state index contributed by atoms with van der Waals surface area (Å²) in [6.07, 6.45) is 7.33. The largest absolute Gasteiger partial charge is 0.370 e. The van der Waals surface area contributed by atoms with Crippen molar-refractivity contribution in [2.75, 3.05) is 19.6 Å². The van der Waals surface area contributed by atoms with Crippen molar-refractivity contribution in [2.24, 2.45) is 16.5 Å². The average molecular weight is 285 g/mol. The first-order valence-electron chi connectivity index (χ1n) is 7.56. The summed E-state index contributed by atoms with van der Waals surface area (Å²) in [5.74, 6) is 0.345. The Morgan fingerprint density at radius 1 is 1.19 bits per heavy atom. The molecule has 0 bridgehead atoms. The number of nitrogens with two attached hydrogens (primary N) is 2. The molecule has 2 aliphatic rings. The van der Waals surface area contributed by atoms with Gasteiger partial charge in [-0.25, -0.2) is 4.99 Å². The molecular weight excluding hydrogens is 262 g/mol. The molecule has 1 atom stereocenters. The highest BCUT2D eigenvalue weighted by atomic mass is 15.2. The summed E-state index contributed by atoms with van der Waals surface area (Å²) in [5.41, 5.74) is 13.4. The molecule has 0 amide bonds. The predicted molar refractivity (Wildman–Crippen MR) is 85.6 cm³/mol. The van der Waals surface area contributed by atoms with Gasteiger partial charge in [0.1, 0.15) is 0 Å². The smallest absolute Gasteiger partial charge is 0.195 e. The number of rotatable bonds is 4. The number of nitrogens with one attached hydrogen (secondary N) is 1. The number of benzene rings is 1. The van der Waals surface area contributed by atoms with Gasteiger partial charge in [0.05, 0.1) is 0 Å². The molecule has 21 heavy (non-hydrogen) atoms. The van der Waals surface area contributed by atoms with Crippen molar-refractivity contribution in [2.45, 2.75) is 24.9 Å². The number of guanidine groups is 1. The number of nitrogens with zero attached hydrogens (tertiary/aromatic N) is 2. The topological polar surface area (TPSA) is 79.7 Å². The van der Waals surface area contributed by atoms with Gasteiger partial charge < -0.3 is 16.0 Å². The van der Waals surface area contributed by atoms with Gasteiger partial charge in [-0.2, -0.15) is 0 Å². The molecule has 5 nitrogen and oxygen atoms in total. The van der Waals surface area contributed by atoms with Gasteiger partial charge in [-0.3, -0.25) is 5.73 Å². The highest BCUT2D eigenvalue weighted by Gasteiger charge is 2.25. The van der Waals surface area contributed by atoms with E-state index in [2.05, 4.69) is 27.3 Å². The molecule has 3 rings (SSSR count). The Labute approximate surface area is 125 Å². The van der Waals surface area contributed by atoms with Crippen LogP contribution in [0.2, 0.25) is 0 Å². The predicted octanol–water partition coefficient (Wildman–Crippen LogP) is 0.868. The summed E-state index contributed by atoms with van der Waals surface area (Å²) >= 11 is 0. The zero-order valence-electron chi connectivity index (χ0n) is 12.3. The summed E-state index contributed by atoms with van der Waals surface area (Å²) in [5, 5.41) is 2.83. The van der Waals surface area contributed by atoms with E-state index in [1.165, 1.54) is 31.5 Å². The van der Waals surface area contributed by atoms with E-state index >= 15 is 0 Å². The minimum absolute atomic E-state index is 0.345. The molecule has 5 N–H and O–H groups in total. The summed E-state index contributed by atoms with van der Waals surface area (Å²) in [4.78, 5) is 6.82. The molecule has 1 saturated heterocycles. The maximum Gasteiger partial charge on any atom is 0.195 e. The fourth-order valence-corrected chi connectivity index (χ4v) is 2.92. The van der Waals surface area contributed by atoms with Crippen molar-refractivity contribution in [3.05, 3.63) is 47.7 Å². The van der Waals surface area contributed by atoms with Gasteiger partial charge >= 0.3 is 0 Å². The van der Waals surface area contributed by atoms with E-state index in [4.69, 9.17) is 11.5 Å². The Bertz CT molecular complexity index is 542. The van der Waals surface area contributed by atoms with E-state index in [9.17, 15) is 0 Å². The van der Waals surface area contributed by atoms with Gasteiger partial charge in [0.25, 0.3) is 0 Å². The monoisotopic (exact) mass is 285 g/mol. The molecule has 0 spiro atoms. The number of hydrogen-bond acceptors (Lipinski definition) is 5. The molecule has 1 fully saturated rings. The maximum atomic E-state index is 6.29. The lowest BCUT2D eigenvalue weighted by Crippen LogP contribution is -2.42. The van der Waals surface area contributed by atoms with Crippen molar-refractivity contribution in [1.29, 1.82) is 0 Å². The molecule has 0 radical (unpaired) electrons. The Hall–Kier alpha value is -1.85. The molecular formula is C16H23N5. The number of aliphatic imine (C=N–C) groups is 1. The van der Waals surface area contributed by atoms with Crippen LogP contribution in [0.3, 0.4) is 0 Å². The summed E-state index contributed by atoms with van der Waals surface area (Å²) in [6, 6.07) is 8.38. The highest BCUT2D eigenvalue weighted by molar-refractivity contribution is 5.80. The second-order valence-corrected chi connectivity index (χ2v) is 5.80. The van der Waals surface area contributed by atoms with E-state index in [1.54, 1.807) is 6.20 Å². The Balaban J connectivity index is 1.66. The summed E-state index contributed by atoms with van der Waals surface area (Å²) in [6.45, 7) is 3.63. The molecule has 1 aromatic carbocycles. The van der Waals surface area contributed by atoms with Gasteiger partial charge in [-0.05, 0) is 49.6 Å². The summed E-state index contributed by atoms with van der Waals surface area (Å²) in [7, 11) is 0. The molecule has 5 heteroatoms. The van der Waals surface area contributed by atoms with Gasteiger partial charge in [-0.1, -0.05) is 24.3 Å². The fraction of sp³-hybridized carbons (Fsp3) is 0.438. The minimum Gasteiger partial charge on any atom is -0.370 e. The van der Waals surface area contributed by atoms with Crippen molar-refractivity contribution >= 4 is 5.96 Å². The van der Waals surface area contributed by atoms with Crippen molar-refractivity contribution in [3.8, 4) is 0 Å². The molecule has 0 aromatic heterocycles. The van der Waals surface area contributed by atoms with Crippen LogP contribution in [-0.4, -0.2) is 30.5 Å². The lowest BCUT2D eigenvalue weighted by atomic mass is 9.98. The van der Waals surface area contributed by atoms with E-state index in [-0.39, 0.29) is 0 Å². The lowest BCUT2D eigenvalue weighted by Gasteiger charge is -2.25. The third-order valence-electron chi connectivity index (χ3n) is 4.21. The number of hydrogen-bond donors (Lipinski definition) is 3. The van der Waals surface area contributed by atoms with Crippen LogP contribution in [-0.2, 0) is 12.1 Å². The van der Waals surface area contributed by atoms with Crippen LogP contribution in [0.4, 0.5) is 0 Å². The summed E-state index contributed by atoms with van der Waals surface area (Å²) < 4.78 is 0. The van der Waals surface area contributed by atoms with Crippen LogP contribution in [0.15, 0.2) is 41.5 Å². The molecule has 2 aliphatic heterocycles. The van der Waals surface area contributed by atoms with Gasteiger partial charge in [0.15, 0.2) is 11.6 Å². The lowest BCUT2D eigenvalue weighted by molar-refractivity contribution is 0.343. The molecule has 1 unspecified atom stereocenters. The van der Waals surface area contributed by atoms with E-state index < -0.39 is 5.66 Å². The van der Waals surface area contributed by atoms with Crippen LogP contribution in [0.25, 0.3) is 0 Å². The van der Waals surface area contributed by atoms with Crippen molar-refractivity contribution in [1.82, 2.24) is 10.2 Å². The molecule has 2 heterocycles. The zero-order chi connectivity index (χ0) is 14.7. The first-order chi connectivity index (χ1) is 10.2. The molecule has 1 aromatic rings. The highest BCUT2D eigenvalue weighted by Crippen LogP contribution is 2.23. The molecule has 0 saturated carbocycles. The maximum absolute atomic E-state index is 6.29. The minimum atomic E-state index is -0.858. The van der Waals surface area contributed by atoms with Crippen LogP contribution in [0, 0.1) is 0 Å². The Morgan fingerprint density at radius 2 is 1.90 bits per heavy atom. The quantitative estimate of drug-likeness (QED) is 0.767. The van der Waals surface area contributed by atoms with E-state index in [0.29, 0.717) is 5.96 Å². The van der Waals surface area contributed by atoms with Crippen LogP contribution < -0.4 is 16.8 Å². The van der Waals surface area contributed by atoms with Crippen molar-refractivity contribution < 1.29 is 0 Å². The first-order valence-corrected chi connectivity index (χ1v) is 7.56. The van der Waals surface area contributed by atoms with Gasteiger partial charge in [0.2, 0.25) is 0 Å². The van der Waals surface area contributed by atoms with Gasteiger partial charge in [-0.15, -0.1) is 0 Å². The zero-order valence-corrected chi connectivity index (χ0v) is 12.3. The Kier molecular flexibility index (Phi) is 3.94. The molecule has 112 valence electrons. The fourth-order valence-electron chi connectivity index (χ4n) is 2.92. The SMILES string of the molecule is NC1=NC(N)(c2ccc(CCN3CCCC3)cc2)C=CN1. The Morgan fingerprint density at radius 3 is 2.57 bits per heavy atom. The van der Waals surface area contributed by atoms with Crippen LogP contribution >= 0.6 is 0 Å². The average Bonchev–Trinajstić information content (AvgIpc) is 2.99. The first kappa shape index (κ1) is 14.1. The van der Waals surface area contributed by atoms with E-state index in [1.807, 2.05) is 18.2 Å². The second-order valence-electron chi connectivity index (χ2n) is 5.80. The van der Waals surface area contributed by atoms with Crippen LogP contribution in [0.1, 0.15) is 24.0 Å². The van der Waals surface area contributed by atoms with E-state index in [0.717, 1.165) is 18.5 Å². The third-order valence-corrected chi connectivity index (χ3v) is 4.21. The second kappa shape index (κ2) is 5.87. The molecule has 0 aliphatic carbocycles. The van der Waals surface area contributed by atoms with Gasteiger partial charge in [0, 0.05) is 12.7 Å². The standard InChI is InChI=1S/C16H23N5/c17-15-19-9-8-16(18,20-15)14-5-3-13(4-6-14)7-12-21-10-1-2-11-21/h3-6,8-9H,1-2,7,10-12,18H2,(H3,17,19,20). The normalized spacial score (nSPS) is 25.7. The third kappa shape index (κ3) is 3.25. The van der Waals surface area contributed by atoms with Crippen molar-refractivity contribution in [3.63, 3.8) is 0 Å². The number of likely N-dealkylation sites (tertiary alicyclic amines) is 1.